The minimum Gasteiger partial charge on any atom is -0.313 e. The Balaban J connectivity index is 2.09. The Morgan fingerprint density at radius 3 is 2.86 bits per heavy atom. The summed E-state index contributed by atoms with van der Waals surface area (Å²) in [7, 11) is 0. The maximum Gasteiger partial charge on any atom is 0.343 e. The lowest BCUT2D eigenvalue weighted by Gasteiger charge is -2.36. The van der Waals surface area contributed by atoms with Gasteiger partial charge in [-0.15, -0.1) is 5.10 Å². The first-order valence-electron chi connectivity index (χ1n) is 8.24. The Labute approximate surface area is 131 Å². The van der Waals surface area contributed by atoms with Crippen molar-refractivity contribution >= 4 is 11.8 Å². The van der Waals surface area contributed by atoms with Crippen LogP contribution in [0.25, 0.3) is 0 Å². The Morgan fingerprint density at radius 2 is 2.19 bits per heavy atom. The molecule has 0 amide bonds. The first kappa shape index (κ1) is 16.6. The maximum atomic E-state index is 11.7. The lowest BCUT2D eigenvalue weighted by molar-refractivity contribution is 0.289. The van der Waals surface area contributed by atoms with Crippen molar-refractivity contribution in [3.05, 3.63) is 10.5 Å². The van der Waals surface area contributed by atoms with Crippen molar-refractivity contribution < 1.29 is 0 Å². The van der Waals surface area contributed by atoms with Crippen LogP contribution in [0.15, 0.2) is 9.95 Å². The summed E-state index contributed by atoms with van der Waals surface area (Å²) in [5.74, 6) is 0.822. The quantitative estimate of drug-likeness (QED) is 0.812. The standard InChI is InChI=1S/C15H28N4OS/c1-4-7-11-8-9-12(16-5-2)13(10-11)21-15-18-17-14(20)19(15)6-3/h11-13,16H,4-10H2,1-3H3,(H,17,20). The van der Waals surface area contributed by atoms with Gasteiger partial charge in [-0.25, -0.2) is 9.89 Å². The van der Waals surface area contributed by atoms with Crippen LogP contribution in [0.1, 0.15) is 52.9 Å². The van der Waals surface area contributed by atoms with E-state index in [2.05, 4.69) is 29.4 Å². The van der Waals surface area contributed by atoms with Crippen LogP contribution in [-0.2, 0) is 6.54 Å². The van der Waals surface area contributed by atoms with Crippen molar-refractivity contribution in [2.24, 2.45) is 5.92 Å². The fourth-order valence-corrected chi connectivity index (χ4v) is 4.79. The number of thioether (sulfide) groups is 1. The van der Waals surface area contributed by atoms with Crippen molar-refractivity contribution in [3.63, 3.8) is 0 Å². The zero-order valence-corrected chi connectivity index (χ0v) is 14.2. The van der Waals surface area contributed by atoms with E-state index in [0.29, 0.717) is 17.8 Å². The highest BCUT2D eigenvalue weighted by Crippen LogP contribution is 2.37. The maximum absolute atomic E-state index is 11.7. The monoisotopic (exact) mass is 312 g/mol. The summed E-state index contributed by atoms with van der Waals surface area (Å²) >= 11 is 1.77. The van der Waals surface area contributed by atoms with Crippen molar-refractivity contribution in [3.8, 4) is 0 Å². The van der Waals surface area contributed by atoms with Gasteiger partial charge in [0.15, 0.2) is 5.16 Å². The molecule has 21 heavy (non-hydrogen) atoms. The summed E-state index contributed by atoms with van der Waals surface area (Å²) in [6.07, 6.45) is 6.36. The lowest BCUT2D eigenvalue weighted by atomic mass is 9.83. The van der Waals surface area contributed by atoms with Crippen LogP contribution in [0, 0.1) is 5.92 Å². The van der Waals surface area contributed by atoms with Gasteiger partial charge in [0.25, 0.3) is 0 Å². The molecule has 3 unspecified atom stereocenters. The molecule has 0 aromatic carbocycles. The second-order valence-electron chi connectivity index (χ2n) is 5.84. The third-order valence-electron chi connectivity index (χ3n) is 4.36. The van der Waals surface area contributed by atoms with Crippen molar-refractivity contribution in [1.82, 2.24) is 20.1 Å². The smallest absolute Gasteiger partial charge is 0.313 e. The van der Waals surface area contributed by atoms with Gasteiger partial charge in [0, 0.05) is 17.8 Å². The molecular weight excluding hydrogens is 284 g/mol. The summed E-state index contributed by atoms with van der Waals surface area (Å²) in [6, 6.07) is 0.533. The van der Waals surface area contributed by atoms with Gasteiger partial charge in [-0.1, -0.05) is 38.5 Å². The molecule has 120 valence electrons. The molecule has 1 fully saturated rings. The summed E-state index contributed by atoms with van der Waals surface area (Å²) in [4.78, 5) is 11.7. The van der Waals surface area contributed by atoms with Crippen molar-refractivity contribution in [2.45, 2.75) is 75.9 Å². The highest BCUT2D eigenvalue weighted by Gasteiger charge is 2.31. The summed E-state index contributed by atoms with van der Waals surface area (Å²) in [5, 5.41) is 11.7. The Kier molecular flexibility index (Phi) is 6.36. The SMILES string of the molecule is CCCC1CCC(NCC)C(Sc2n[nH]c(=O)n2CC)C1. The van der Waals surface area contributed by atoms with Crippen molar-refractivity contribution in [2.75, 3.05) is 6.54 Å². The molecule has 5 nitrogen and oxygen atoms in total. The normalized spacial score (nSPS) is 26.1. The number of hydrogen-bond acceptors (Lipinski definition) is 4. The van der Waals surface area contributed by atoms with Crippen LogP contribution in [0.2, 0.25) is 0 Å². The van der Waals surface area contributed by atoms with Crippen LogP contribution < -0.4 is 11.0 Å². The first-order valence-corrected chi connectivity index (χ1v) is 9.12. The third kappa shape index (κ3) is 4.13. The van der Waals surface area contributed by atoms with Crippen LogP contribution in [0.3, 0.4) is 0 Å². The largest absolute Gasteiger partial charge is 0.343 e. The van der Waals surface area contributed by atoms with E-state index < -0.39 is 0 Å². The van der Waals surface area contributed by atoms with Gasteiger partial charge in [0.05, 0.1) is 0 Å². The van der Waals surface area contributed by atoms with E-state index >= 15 is 0 Å². The summed E-state index contributed by atoms with van der Waals surface area (Å²) in [5.41, 5.74) is -0.0964. The second kappa shape index (κ2) is 8.03. The van der Waals surface area contributed by atoms with E-state index in [1.807, 2.05) is 6.92 Å². The fourth-order valence-electron chi connectivity index (χ4n) is 3.32. The summed E-state index contributed by atoms with van der Waals surface area (Å²) in [6.45, 7) is 8.09. The fraction of sp³-hybridized carbons (Fsp3) is 0.867. The van der Waals surface area contributed by atoms with E-state index in [1.54, 1.807) is 16.3 Å². The van der Waals surface area contributed by atoms with E-state index in [0.717, 1.165) is 17.6 Å². The van der Waals surface area contributed by atoms with Gasteiger partial charge in [-0.3, -0.25) is 4.57 Å². The average Bonchev–Trinajstić information content (AvgIpc) is 2.82. The van der Waals surface area contributed by atoms with Crippen molar-refractivity contribution in [1.29, 1.82) is 0 Å². The number of aromatic amines is 1. The number of nitrogens with zero attached hydrogens (tertiary/aromatic N) is 2. The molecule has 1 heterocycles. The Morgan fingerprint density at radius 1 is 1.38 bits per heavy atom. The molecule has 2 N–H and O–H groups in total. The van der Waals surface area contributed by atoms with Crippen LogP contribution in [-0.4, -0.2) is 32.6 Å². The molecule has 1 saturated carbocycles. The molecule has 0 radical (unpaired) electrons. The van der Waals surface area contributed by atoms with Gasteiger partial charge >= 0.3 is 5.69 Å². The molecule has 2 rings (SSSR count). The Hall–Kier alpha value is -0.750. The third-order valence-corrected chi connectivity index (χ3v) is 5.71. The number of H-pyrrole nitrogens is 1. The Bertz CT molecular complexity index is 484. The van der Waals surface area contributed by atoms with E-state index in [4.69, 9.17) is 0 Å². The van der Waals surface area contributed by atoms with Gasteiger partial charge in [0.2, 0.25) is 0 Å². The highest BCUT2D eigenvalue weighted by molar-refractivity contribution is 7.99. The van der Waals surface area contributed by atoms with Crippen LogP contribution in [0.5, 0.6) is 0 Å². The predicted molar refractivity (Wildman–Crippen MR) is 87.9 cm³/mol. The van der Waals surface area contributed by atoms with E-state index in [9.17, 15) is 4.79 Å². The molecule has 6 heteroatoms. The van der Waals surface area contributed by atoms with E-state index in [-0.39, 0.29) is 5.69 Å². The molecule has 1 aromatic rings. The van der Waals surface area contributed by atoms with Gasteiger partial charge in [-0.2, -0.15) is 0 Å². The van der Waals surface area contributed by atoms with E-state index in [1.165, 1.54) is 32.1 Å². The second-order valence-corrected chi connectivity index (χ2v) is 7.05. The lowest BCUT2D eigenvalue weighted by Crippen LogP contribution is -2.42. The number of rotatable bonds is 7. The highest BCUT2D eigenvalue weighted by atomic mass is 32.2. The number of hydrogen-bond donors (Lipinski definition) is 2. The summed E-state index contributed by atoms with van der Waals surface area (Å²) < 4.78 is 1.73. The van der Waals surface area contributed by atoms with Gasteiger partial charge < -0.3 is 5.32 Å². The molecule has 0 bridgehead atoms. The predicted octanol–water partition coefficient (Wildman–Crippen LogP) is 2.63. The first-order chi connectivity index (χ1) is 10.2. The molecular formula is C15H28N4OS. The molecule has 1 aromatic heterocycles. The zero-order valence-electron chi connectivity index (χ0n) is 13.4. The molecule has 3 atom stereocenters. The molecule has 0 spiro atoms. The topological polar surface area (TPSA) is 62.7 Å². The number of nitrogens with one attached hydrogen (secondary N) is 2. The van der Waals surface area contributed by atoms with Crippen LogP contribution >= 0.6 is 11.8 Å². The van der Waals surface area contributed by atoms with Crippen LogP contribution in [0.4, 0.5) is 0 Å². The van der Waals surface area contributed by atoms with Gasteiger partial charge in [-0.05, 0) is 38.6 Å². The van der Waals surface area contributed by atoms with Gasteiger partial charge in [0.1, 0.15) is 0 Å². The molecule has 0 saturated heterocycles. The minimum absolute atomic E-state index is 0.0964. The molecule has 1 aliphatic rings. The minimum atomic E-state index is -0.0964. The molecule has 0 aliphatic heterocycles. The zero-order chi connectivity index (χ0) is 15.2. The average molecular weight is 312 g/mol. The molecule has 1 aliphatic carbocycles. The number of aromatic nitrogens is 3.